The minimum atomic E-state index is 1.24. The van der Waals surface area contributed by atoms with E-state index in [9.17, 15) is 0 Å². The van der Waals surface area contributed by atoms with Crippen LogP contribution in [0.25, 0.3) is 27.4 Å². The highest BCUT2D eigenvalue weighted by atomic mass is 14.8. The van der Waals surface area contributed by atoms with E-state index in [1.807, 2.05) is 0 Å². The van der Waals surface area contributed by atoms with Crippen LogP contribution in [0.4, 0.5) is 0 Å². The maximum absolute atomic E-state index is 2.23. The van der Waals surface area contributed by atoms with Crippen molar-refractivity contribution in [1.29, 1.82) is 0 Å². The second-order valence-corrected chi connectivity index (χ2v) is 5.40. The molecule has 2 aromatic heterocycles. The molecule has 0 saturated carbocycles. The molecule has 0 amide bonds. The first-order valence-electron chi connectivity index (χ1n) is 7.22. The van der Waals surface area contributed by atoms with Crippen LogP contribution in [0.3, 0.4) is 0 Å². The average molecular weight is 270 g/mol. The van der Waals surface area contributed by atoms with E-state index in [4.69, 9.17) is 0 Å². The average Bonchev–Trinajstić information content (AvgIpc) is 2.54. The van der Waals surface area contributed by atoms with E-state index in [0.717, 1.165) is 0 Å². The Bertz CT molecular complexity index is 940. The third-order valence-corrected chi connectivity index (χ3v) is 4.07. The quantitative estimate of drug-likeness (QED) is 0.353. The summed E-state index contributed by atoms with van der Waals surface area (Å²) in [5.41, 5.74) is 5.11. The fourth-order valence-corrected chi connectivity index (χ4v) is 3.04. The van der Waals surface area contributed by atoms with Gasteiger partial charge in [-0.3, -0.25) is 0 Å². The Labute approximate surface area is 124 Å². The molecule has 4 aromatic rings. The minimum absolute atomic E-state index is 1.24. The summed E-state index contributed by atoms with van der Waals surface area (Å²) in [6, 6.07) is 23.5. The normalized spacial score (nSPS) is 11.1. The van der Waals surface area contributed by atoms with E-state index in [0.29, 0.717) is 0 Å². The third-order valence-electron chi connectivity index (χ3n) is 4.07. The molecule has 0 aliphatic heterocycles. The van der Waals surface area contributed by atoms with E-state index >= 15 is 0 Å². The predicted octanol–water partition coefficient (Wildman–Crippen LogP) is 4.55. The summed E-state index contributed by atoms with van der Waals surface area (Å²) >= 11 is 0. The molecule has 2 aromatic carbocycles. The summed E-state index contributed by atoms with van der Waals surface area (Å²) in [5.74, 6) is 0. The summed E-state index contributed by atoms with van der Waals surface area (Å²) in [5, 5.41) is 2.62. The van der Waals surface area contributed by atoms with Gasteiger partial charge in [-0.05, 0) is 24.1 Å². The van der Waals surface area contributed by atoms with Crippen LogP contribution in [0.2, 0.25) is 0 Å². The third kappa shape index (κ3) is 1.90. The highest BCUT2D eigenvalue weighted by Crippen LogP contribution is 2.31. The van der Waals surface area contributed by atoms with Gasteiger partial charge in [-0.15, -0.1) is 0 Å². The lowest BCUT2D eigenvalue weighted by Crippen LogP contribution is -2.21. The summed E-state index contributed by atoms with van der Waals surface area (Å²) < 4.78 is 2.22. The smallest absolute Gasteiger partial charge is 0.166 e. The van der Waals surface area contributed by atoms with Crippen LogP contribution < -0.4 is 4.40 Å². The monoisotopic (exact) mass is 270 g/mol. The van der Waals surface area contributed by atoms with Crippen molar-refractivity contribution in [3.63, 3.8) is 0 Å². The summed E-state index contributed by atoms with van der Waals surface area (Å²) in [4.78, 5) is 0. The maximum Gasteiger partial charge on any atom is 0.219 e. The Balaban J connectivity index is 2.26. The van der Waals surface area contributed by atoms with Gasteiger partial charge in [-0.2, -0.15) is 4.40 Å². The van der Waals surface area contributed by atoms with Crippen LogP contribution >= 0.6 is 0 Å². The number of fused-ring (bicyclic) bond motifs is 2. The van der Waals surface area contributed by atoms with Crippen molar-refractivity contribution < 1.29 is 4.40 Å². The van der Waals surface area contributed by atoms with Crippen molar-refractivity contribution in [2.24, 2.45) is 0 Å². The van der Waals surface area contributed by atoms with Crippen molar-refractivity contribution in [3.8, 4) is 11.1 Å². The molecule has 1 heteroatoms. The fourth-order valence-electron chi connectivity index (χ4n) is 3.04. The van der Waals surface area contributed by atoms with Gasteiger partial charge in [0.1, 0.15) is 0 Å². The number of benzene rings is 2. The van der Waals surface area contributed by atoms with Crippen molar-refractivity contribution in [2.75, 3.05) is 0 Å². The number of hydrogen-bond donors (Lipinski definition) is 0. The lowest BCUT2D eigenvalue weighted by atomic mass is 9.96. The van der Waals surface area contributed by atoms with Gasteiger partial charge in [0.25, 0.3) is 0 Å². The molecule has 0 fully saturated rings. The first kappa shape index (κ1) is 12.1. The van der Waals surface area contributed by atoms with Gasteiger partial charge in [0.2, 0.25) is 5.52 Å². The Hall–Kier alpha value is -2.67. The largest absolute Gasteiger partial charge is 0.219 e. The van der Waals surface area contributed by atoms with Gasteiger partial charge in [0.05, 0.1) is 5.56 Å². The molecule has 0 saturated heterocycles. The zero-order chi connectivity index (χ0) is 14.2. The van der Waals surface area contributed by atoms with Gasteiger partial charge in [0.15, 0.2) is 12.4 Å². The van der Waals surface area contributed by atoms with Gasteiger partial charge < -0.3 is 0 Å². The molecule has 0 aliphatic rings. The second kappa shape index (κ2) is 4.71. The molecule has 4 rings (SSSR count). The van der Waals surface area contributed by atoms with Crippen molar-refractivity contribution in [1.82, 2.24) is 0 Å². The zero-order valence-corrected chi connectivity index (χ0v) is 12.0. The molecule has 0 radical (unpaired) electrons. The van der Waals surface area contributed by atoms with Crippen LogP contribution in [-0.2, 0) is 0 Å². The molecule has 1 nitrogen and oxygen atoms in total. The van der Waals surface area contributed by atoms with Crippen LogP contribution in [0.15, 0.2) is 79.1 Å². The standard InChI is InChI=1S/C20H16N/c1-15-8-7-11-17-18(15)14-21-13-6-5-12-19(21)20(17)16-9-3-2-4-10-16/h2-14H,1H3/q+1. The zero-order valence-electron chi connectivity index (χ0n) is 12.0. The number of pyridine rings is 2. The molecule has 0 N–H and O–H groups in total. The number of nitrogens with zero attached hydrogens (tertiary/aromatic N) is 1. The topological polar surface area (TPSA) is 4.10 Å². The Morgan fingerprint density at radius 1 is 0.714 bits per heavy atom. The van der Waals surface area contributed by atoms with Crippen molar-refractivity contribution in [2.45, 2.75) is 6.92 Å². The highest BCUT2D eigenvalue weighted by Gasteiger charge is 2.16. The molecular weight excluding hydrogens is 254 g/mol. The first-order valence-corrected chi connectivity index (χ1v) is 7.22. The van der Waals surface area contributed by atoms with Crippen LogP contribution in [0, 0.1) is 6.92 Å². The van der Waals surface area contributed by atoms with E-state index in [1.165, 1.54) is 33.0 Å². The number of aromatic nitrogens is 1. The van der Waals surface area contributed by atoms with Gasteiger partial charge >= 0.3 is 0 Å². The summed E-state index contributed by atoms with van der Waals surface area (Å²) in [7, 11) is 0. The minimum Gasteiger partial charge on any atom is -0.166 e. The SMILES string of the molecule is Cc1cccc2c(-c3ccccc3)c3cccc[n+]3cc12. The number of aryl methyl sites for hydroxylation is 1. The van der Waals surface area contributed by atoms with Crippen molar-refractivity contribution in [3.05, 3.63) is 84.7 Å². The Morgan fingerprint density at radius 3 is 2.38 bits per heavy atom. The van der Waals surface area contributed by atoms with E-state index in [-0.39, 0.29) is 0 Å². The second-order valence-electron chi connectivity index (χ2n) is 5.40. The van der Waals surface area contributed by atoms with Gasteiger partial charge in [0, 0.05) is 22.9 Å². The predicted molar refractivity (Wildman–Crippen MR) is 87.3 cm³/mol. The van der Waals surface area contributed by atoms with Gasteiger partial charge in [-0.25, -0.2) is 0 Å². The van der Waals surface area contributed by atoms with Crippen LogP contribution in [-0.4, -0.2) is 0 Å². The lowest BCUT2D eigenvalue weighted by Gasteiger charge is -2.08. The van der Waals surface area contributed by atoms with E-state index in [2.05, 4.69) is 90.4 Å². The summed E-state index contributed by atoms with van der Waals surface area (Å²) in [6.45, 7) is 2.17. The maximum atomic E-state index is 2.23. The van der Waals surface area contributed by atoms with Crippen molar-refractivity contribution >= 4 is 16.3 Å². The Kier molecular flexibility index (Phi) is 2.71. The van der Waals surface area contributed by atoms with Gasteiger partial charge in [-0.1, -0.05) is 48.5 Å². The molecule has 0 atom stereocenters. The fraction of sp³-hybridized carbons (Fsp3) is 0.0500. The molecule has 0 unspecified atom stereocenters. The van der Waals surface area contributed by atoms with Crippen LogP contribution in [0.1, 0.15) is 5.56 Å². The van der Waals surface area contributed by atoms with Crippen LogP contribution in [0.5, 0.6) is 0 Å². The number of hydrogen-bond acceptors (Lipinski definition) is 0. The molecule has 21 heavy (non-hydrogen) atoms. The highest BCUT2D eigenvalue weighted by molar-refractivity contribution is 6.02. The molecule has 0 bridgehead atoms. The lowest BCUT2D eigenvalue weighted by molar-refractivity contribution is -0.509. The molecular formula is C20H16N+. The first-order chi connectivity index (χ1) is 10.3. The summed E-state index contributed by atoms with van der Waals surface area (Å²) in [6.07, 6.45) is 4.35. The van der Waals surface area contributed by atoms with E-state index in [1.54, 1.807) is 0 Å². The molecule has 0 aliphatic carbocycles. The Morgan fingerprint density at radius 2 is 1.52 bits per heavy atom. The van der Waals surface area contributed by atoms with E-state index < -0.39 is 0 Å². The molecule has 100 valence electrons. The molecule has 0 spiro atoms. The number of rotatable bonds is 1. The molecule has 2 heterocycles.